The predicted molar refractivity (Wildman–Crippen MR) is 90.1 cm³/mol. The van der Waals surface area contributed by atoms with Crippen LogP contribution in [0.15, 0.2) is 23.7 Å². The average molecular weight is 334 g/mol. The maximum atomic E-state index is 11.8. The van der Waals surface area contributed by atoms with Crippen LogP contribution in [0.5, 0.6) is 0 Å². The lowest BCUT2D eigenvalue weighted by Crippen LogP contribution is -2.50. The van der Waals surface area contributed by atoms with Gasteiger partial charge in [0, 0.05) is 51.5 Å². The van der Waals surface area contributed by atoms with Crippen LogP contribution in [0.25, 0.3) is 10.6 Å². The molecule has 0 aliphatic carbocycles. The standard InChI is InChI=1S/C16H22N4O2S/c1-12(21)16(22)20-7-5-19(6-8-20)11-13-10-18(2)17-15(13)14-4-3-9-23-14/h3-4,9-10,12,21H,5-8,11H2,1-2H3. The molecule has 0 bridgehead atoms. The van der Waals surface area contributed by atoms with Crippen LogP contribution >= 0.6 is 11.3 Å². The lowest BCUT2D eigenvalue weighted by Gasteiger charge is -2.35. The lowest BCUT2D eigenvalue weighted by molar-refractivity contribution is -0.141. The second kappa shape index (κ2) is 6.82. The molecule has 7 heteroatoms. The number of aliphatic hydroxyl groups is 1. The Morgan fingerprint density at radius 3 is 2.74 bits per heavy atom. The number of aryl methyl sites for hydroxylation is 1. The zero-order valence-corrected chi connectivity index (χ0v) is 14.3. The largest absolute Gasteiger partial charge is 0.384 e. The number of rotatable bonds is 4. The van der Waals surface area contributed by atoms with Gasteiger partial charge in [-0.1, -0.05) is 6.07 Å². The normalized spacial score (nSPS) is 17.4. The molecular weight excluding hydrogens is 312 g/mol. The Bertz CT molecular complexity index is 658. The molecule has 23 heavy (non-hydrogen) atoms. The Balaban J connectivity index is 1.65. The molecule has 1 aliphatic rings. The molecule has 0 spiro atoms. The molecule has 1 saturated heterocycles. The van der Waals surface area contributed by atoms with E-state index in [1.807, 2.05) is 17.8 Å². The Kier molecular flexibility index (Phi) is 4.79. The van der Waals surface area contributed by atoms with Gasteiger partial charge in [0.15, 0.2) is 0 Å². The van der Waals surface area contributed by atoms with E-state index in [2.05, 4.69) is 27.6 Å². The Labute approximate surface area is 139 Å². The summed E-state index contributed by atoms with van der Waals surface area (Å²) in [5.41, 5.74) is 2.26. The highest BCUT2D eigenvalue weighted by atomic mass is 32.1. The minimum atomic E-state index is -0.912. The van der Waals surface area contributed by atoms with Crippen LogP contribution in [0.1, 0.15) is 12.5 Å². The number of nitrogens with zero attached hydrogens (tertiary/aromatic N) is 4. The van der Waals surface area contributed by atoms with Gasteiger partial charge in [-0.05, 0) is 18.4 Å². The van der Waals surface area contributed by atoms with Crippen molar-refractivity contribution in [1.82, 2.24) is 19.6 Å². The number of thiophene rings is 1. The smallest absolute Gasteiger partial charge is 0.251 e. The first kappa shape index (κ1) is 16.2. The number of carbonyl (C=O) groups is 1. The predicted octanol–water partition coefficient (Wildman–Crippen LogP) is 1.17. The van der Waals surface area contributed by atoms with Crippen LogP contribution in [-0.4, -0.2) is 62.9 Å². The van der Waals surface area contributed by atoms with E-state index in [1.165, 1.54) is 17.4 Å². The van der Waals surface area contributed by atoms with E-state index in [-0.39, 0.29) is 5.91 Å². The summed E-state index contributed by atoms with van der Waals surface area (Å²) in [5.74, 6) is -0.176. The van der Waals surface area contributed by atoms with Crippen molar-refractivity contribution in [2.24, 2.45) is 7.05 Å². The van der Waals surface area contributed by atoms with E-state index in [9.17, 15) is 9.90 Å². The quantitative estimate of drug-likeness (QED) is 0.912. The van der Waals surface area contributed by atoms with Gasteiger partial charge in [0.05, 0.1) is 4.88 Å². The van der Waals surface area contributed by atoms with Gasteiger partial charge in [0.1, 0.15) is 11.8 Å². The molecule has 1 aliphatic heterocycles. The number of carbonyl (C=O) groups excluding carboxylic acids is 1. The van der Waals surface area contributed by atoms with Crippen LogP contribution in [-0.2, 0) is 18.4 Å². The highest BCUT2D eigenvalue weighted by Gasteiger charge is 2.24. The molecule has 3 heterocycles. The fraction of sp³-hybridized carbons (Fsp3) is 0.500. The van der Waals surface area contributed by atoms with Crippen molar-refractivity contribution in [3.8, 4) is 10.6 Å². The second-order valence-corrected chi connectivity index (χ2v) is 6.88. The van der Waals surface area contributed by atoms with E-state index in [1.54, 1.807) is 16.2 Å². The fourth-order valence-electron chi connectivity index (χ4n) is 2.91. The fourth-order valence-corrected chi connectivity index (χ4v) is 3.65. The first-order valence-corrected chi connectivity index (χ1v) is 8.68. The Hall–Kier alpha value is -1.70. The molecule has 1 fully saturated rings. The second-order valence-electron chi connectivity index (χ2n) is 5.93. The number of hydrogen-bond donors (Lipinski definition) is 1. The maximum Gasteiger partial charge on any atom is 0.251 e. The van der Waals surface area contributed by atoms with Crippen LogP contribution in [0.4, 0.5) is 0 Å². The van der Waals surface area contributed by atoms with Crippen molar-refractivity contribution in [1.29, 1.82) is 0 Å². The van der Waals surface area contributed by atoms with Crippen molar-refractivity contribution in [3.05, 3.63) is 29.3 Å². The molecule has 2 aromatic heterocycles. The summed E-state index contributed by atoms with van der Waals surface area (Å²) in [6.07, 6.45) is 1.16. The van der Waals surface area contributed by atoms with Crippen LogP contribution in [0.2, 0.25) is 0 Å². The number of aliphatic hydroxyl groups excluding tert-OH is 1. The first-order chi connectivity index (χ1) is 11.0. The van der Waals surface area contributed by atoms with Gasteiger partial charge in [0.2, 0.25) is 0 Å². The van der Waals surface area contributed by atoms with E-state index in [0.29, 0.717) is 13.1 Å². The third kappa shape index (κ3) is 3.63. The topological polar surface area (TPSA) is 61.6 Å². The zero-order chi connectivity index (χ0) is 16.4. The molecule has 1 unspecified atom stereocenters. The summed E-state index contributed by atoms with van der Waals surface area (Å²) in [6, 6.07) is 4.13. The Morgan fingerprint density at radius 1 is 1.39 bits per heavy atom. The molecule has 0 saturated carbocycles. The summed E-state index contributed by atoms with van der Waals surface area (Å²) in [5, 5.41) is 16.1. The Morgan fingerprint density at radius 2 is 2.13 bits per heavy atom. The lowest BCUT2D eigenvalue weighted by atomic mass is 10.2. The summed E-state index contributed by atoms with van der Waals surface area (Å²) >= 11 is 1.70. The molecule has 3 rings (SSSR count). The van der Waals surface area contributed by atoms with Crippen LogP contribution in [0, 0.1) is 0 Å². The first-order valence-electron chi connectivity index (χ1n) is 7.80. The number of aromatic nitrogens is 2. The monoisotopic (exact) mass is 334 g/mol. The van der Waals surface area contributed by atoms with Crippen molar-refractivity contribution in [3.63, 3.8) is 0 Å². The maximum absolute atomic E-state index is 11.8. The van der Waals surface area contributed by atoms with Gasteiger partial charge in [0.25, 0.3) is 5.91 Å². The number of amides is 1. The van der Waals surface area contributed by atoms with Gasteiger partial charge in [-0.3, -0.25) is 14.4 Å². The van der Waals surface area contributed by atoms with Gasteiger partial charge >= 0.3 is 0 Å². The van der Waals surface area contributed by atoms with Gasteiger partial charge in [-0.25, -0.2) is 0 Å². The minimum Gasteiger partial charge on any atom is -0.384 e. The molecule has 6 nitrogen and oxygen atoms in total. The van der Waals surface area contributed by atoms with E-state index >= 15 is 0 Å². The minimum absolute atomic E-state index is 0.176. The summed E-state index contributed by atoms with van der Waals surface area (Å²) in [4.78, 5) is 17.1. The van der Waals surface area contributed by atoms with Gasteiger partial charge < -0.3 is 10.0 Å². The molecule has 1 amide bonds. The van der Waals surface area contributed by atoms with Crippen LogP contribution in [0.3, 0.4) is 0 Å². The van der Waals surface area contributed by atoms with Crippen molar-refractivity contribution < 1.29 is 9.90 Å². The van der Waals surface area contributed by atoms with Gasteiger partial charge in [-0.15, -0.1) is 11.3 Å². The number of piperazine rings is 1. The molecule has 1 N–H and O–H groups in total. The number of hydrogen-bond acceptors (Lipinski definition) is 5. The highest BCUT2D eigenvalue weighted by Crippen LogP contribution is 2.27. The molecule has 2 aromatic rings. The third-order valence-corrected chi connectivity index (χ3v) is 4.97. The summed E-state index contributed by atoms with van der Waals surface area (Å²) in [7, 11) is 1.94. The summed E-state index contributed by atoms with van der Waals surface area (Å²) < 4.78 is 1.86. The molecule has 0 aromatic carbocycles. The molecular formula is C16H22N4O2S. The summed E-state index contributed by atoms with van der Waals surface area (Å²) in [6.45, 7) is 5.32. The van der Waals surface area contributed by atoms with Crippen molar-refractivity contribution >= 4 is 17.2 Å². The third-order valence-electron chi connectivity index (χ3n) is 4.09. The van der Waals surface area contributed by atoms with E-state index in [4.69, 9.17) is 0 Å². The molecule has 124 valence electrons. The van der Waals surface area contributed by atoms with Gasteiger partial charge in [-0.2, -0.15) is 5.10 Å². The van der Waals surface area contributed by atoms with E-state index in [0.717, 1.165) is 25.3 Å². The van der Waals surface area contributed by atoms with Crippen molar-refractivity contribution in [2.45, 2.75) is 19.6 Å². The average Bonchev–Trinajstić information content (AvgIpc) is 3.16. The van der Waals surface area contributed by atoms with Crippen molar-refractivity contribution in [2.75, 3.05) is 26.2 Å². The SMILES string of the molecule is CC(O)C(=O)N1CCN(Cc2cn(C)nc2-c2cccs2)CC1. The van der Waals surface area contributed by atoms with Crippen LogP contribution < -0.4 is 0 Å². The highest BCUT2D eigenvalue weighted by molar-refractivity contribution is 7.13. The molecule has 1 atom stereocenters. The van der Waals surface area contributed by atoms with E-state index < -0.39 is 6.10 Å². The zero-order valence-electron chi connectivity index (χ0n) is 13.5. The molecule has 0 radical (unpaired) electrons.